The monoisotopic (exact) mass is 220 g/mol. The van der Waals surface area contributed by atoms with E-state index < -0.39 is 4.92 Å². The van der Waals surface area contributed by atoms with Crippen molar-refractivity contribution in [1.29, 1.82) is 0 Å². The SMILES string of the molecule is CN(c1cccc([N+](=O)[O-])c1)c1nnn[nH]1. The fourth-order valence-corrected chi connectivity index (χ4v) is 1.23. The van der Waals surface area contributed by atoms with Gasteiger partial charge in [-0.3, -0.25) is 10.1 Å². The Balaban J connectivity index is 2.34. The second-order valence-corrected chi connectivity index (χ2v) is 3.06. The molecule has 0 atom stereocenters. The van der Waals surface area contributed by atoms with Crippen LogP contribution in [-0.4, -0.2) is 32.6 Å². The number of tetrazole rings is 1. The van der Waals surface area contributed by atoms with Crippen molar-refractivity contribution >= 4 is 17.3 Å². The van der Waals surface area contributed by atoms with Crippen LogP contribution in [0.5, 0.6) is 0 Å². The third-order valence-corrected chi connectivity index (χ3v) is 2.08. The van der Waals surface area contributed by atoms with Gasteiger partial charge in [-0.25, -0.2) is 5.10 Å². The van der Waals surface area contributed by atoms with E-state index in [9.17, 15) is 10.1 Å². The van der Waals surface area contributed by atoms with Crippen molar-refractivity contribution in [3.8, 4) is 0 Å². The zero-order valence-corrected chi connectivity index (χ0v) is 8.36. The number of nitrogens with zero attached hydrogens (tertiary/aromatic N) is 5. The first-order valence-electron chi connectivity index (χ1n) is 4.40. The molecule has 0 fully saturated rings. The minimum absolute atomic E-state index is 0.0248. The number of H-pyrrole nitrogens is 1. The van der Waals surface area contributed by atoms with E-state index in [1.54, 1.807) is 24.1 Å². The summed E-state index contributed by atoms with van der Waals surface area (Å²) in [7, 11) is 1.71. The summed E-state index contributed by atoms with van der Waals surface area (Å²) in [6.07, 6.45) is 0. The molecule has 0 spiro atoms. The lowest BCUT2D eigenvalue weighted by Crippen LogP contribution is -2.11. The maximum absolute atomic E-state index is 10.6. The number of anilines is 2. The van der Waals surface area contributed by atoms with Crippen molar-refractivity contribution in [2.24, 2.45) is 0 Å². The summed E-state index contributed by atoms with van der Waals surface area (Å²) in [6.45, 7) is 0. The maximum Gasteiger partial charge on any atom is 0.271 e. The van der Waals surface area contributed by atoms with E-state index in [-0.39, 0.29) is 5.69 Å². The molecule has 1 aromatic heterocycles. The van der Waals surface area contributed by atoms with Crippen LogP contribution < -0.4 is 4.90 Å². The summed E-state index contributed by atoms with van der Waals surface area (Å²) in [5.74, 6) is 0.417. The molecule has 1 N–H and O–H groups in total. The summed E-state index contributed by atoms with van der Waals surface area (Å²) in [5, 5.41) is 23.7. The van der Waals surface area contributed by atoms with Gasteiger partial charge in [0.05, 0.1) is 10.6 Å². The largest absolute Gasteiger partial charge is 0.312 e. The zero-order valence-electron chi connectivity index (χ0n) is 8.36. The molecule has 1 heterocycles. The molecule has 0 saturated carbocycles. The minimum Gasteiger partial charge on any atom is -0.312 e. The van der Waals surface area contributed by atoms with Crippen molar-refractivity contribution in [2.45, 2.75) is 0 Å². The summed E-state index contributed by atoms with van der Waals surface area (Å²) in [4.78, 5) is 11.8. The number of non-ortho nitro benzene ring substituents is 1. The van der Waals surface area contributed by atoms with Crippen LogP contribution in [0.1, 0.15) is 0 Å². The normalized spacial score (nSPS) is 10.1. The highest BCUT2D eigenvalue weighted by atomic mass is 16.6. The highest BCUT2D eigenvalue weighted by molar-refractivity contribution is 5.59. The quantitative estimate of drug-likeness (QED) is 0.608. The first-order valence-corrected chi connectivity index (χ1v) is 4.40. The van der Waals surface area contributed by atoms with Crippen LogP contribution in [0.25, 0.3) is 0 Å². The van der Waals surface area contributed by atoms with Gasteiger partial charge in [-0.05, 0) is 16.5 Å². The number of aromatic nitrogens is 4. The molecule has 1 aromatic carbocycles. The van der Waals surface area contributed by atoms with Crippen LogP contribution >= 0.6 is 0 Å². The predicted octanol–water partition coefficient (Wildman–Crippen LogP) is 0.876. The van der Waals surface area contributed by atoms with Crippen molar-refractivity contribution in [3.63, 3.8) is 0 Å². The van der Waals surface area contributed by atoms with Gasteiger partial charge < -0.3 is 4.90 Å². The summed E-state index contributed by atoms with van der Waals surface area (Å²) >= 11 is 0. The number of nitro groups is 1. The van der Waals surface area contributed by atoms with E-state index in [0.29, 0.717) is 11.6 Å². The van der Waals surface area contributed by atoms with Crippen molar-refractivity contribution in [2.75, 3.05) is 11.9 Å². The highest BCUT2D eigenvalue weighted by Crippen LogP contribution is 2.23. The standard InChI is InChI=1S/C8H8N6O2/c1-13(8-9-11-12-10-8)6-3-2-4-7(5-6)14(15)16/h2-5H,1H3,(H,9,10,11,12). The molecule has 8 heteroatoms. The van der Waals surface area contributed by atoms with Crippen molar-refractivity contribution in [1.82, 2.24) is 20.6 Å². The van der Waals surface area contributed by atoms with Crippen LogP contribution in [0.3, 0.4) is 0 Å². The number of nitrogens with one attached hydrogen (secondary N) is 1. The third-order valence-electron chi connectivity index (χ3n) is 2.08. The molecule has 16 heavy (non-hydrogen) atoms. The van der Waals surface area contributed by atoms with Gasteiger partial charge in [-0.15, -0.1) is 0 Å². The smallest absolute Gasteiger partial charge is 0.271 e. The molecule has 2 aromatic rings. The van der Waals surface area contributed by atoms with Crippen molar-refractivity contribution < 1.29 is 4.92 Å². The van der Waals surface area contributed by atoms with Gasteiger partial charge in [-0.2, -0.15) is 0 Å². The van der Waals surface area contributed by atoms with Gasteiger partial charge in [0.1, 0.15) is 0 Å². The number of aromatic amines is 1. The van der Waals surface area contributed by atoms with Crippen LogP contribution in [0.15, 0.2) is 24.3 Å². The van der Waals surface area contributed by atoms with Gasteiger partial charge in [0.2, 0.25) is 5.95 Å². The molecule has 8 nitrogen and oxygen atoms in total. The molecule has 0 amide bonds. The summed E-state index contributed by atoms with van der Waals surface area (Å²) < 4.78 is 0. The van der Waals surface area contributed by atoms with Gasteiger partial charge >= 0.3 is 0 Å². The van der Waals surface area contributed by atoms with E-state index in [1.165, 1.54) is 12.1 Å². The Morgan fingerprint density at radius 2 is 2.31 bits per heavy atom. The van der Waals surface area contributed by atoms with Gasteiger partial charge in [-0.1, -0.05) is 11.2 Å². The Kier molecular flexibility index (Phi) is 2.46. The lowest BCUT2D eigenvalue weighted by molar-refractivity contribution is -0.384. The van der Waals surface area contributed by atoms with E-state index in [4.69, 9.17) is 0 Å². The number of hydrogen-bond donors (Lipinski definition) is 1. The van der Waals surface area contributed by atoms with Gasteiger partial charge in [0, 0.05) is 19.2 Å². The number of hydrogen-bond acceptors (Lipinski definition) is 6. The molecular weight excluding hydrogens is 212 g/mol. The van der Waals surface area contributed by atoms with Gasteiger partial charge in [0.15, 0.2) is 0 Å². The summed E-state index contributed by atoms with van der Waals surface area (Å²) in [6, 6.07) is 6.21. The Morgan fingerprint density at radius 1 is 1.50 bits per heavy atom. The number of benzene rings is 1. The molecule has 0 unspecified atom stereocenters. The molecule has 0 radical (unpaired) electrons. The summed E-state index contributed by atoms with van der Waals surface area (Å²) in [5.41, 5.74) is 0.657. The average Bonchev–Trinajstić information content (AvgIpc) is 2.81. The van der Waals surface area contributed by atoms with Crippen LogP contribution in [-0.2, 0) is 0 Å². The number of nitro benzene ring substituents is 1. The molecule has 0 aliphatic rings. The van der Waals surface area contributed by atoms with E-state index in [0.717, 1.165) is 0 Å². The fourth-order valence-electron chi connectivity index (χ4n) is 1.23. The second kappa shape index (κ2) is 3.93. The Labute approximate surface area is 90.0 Å². The topological polar surface area (TPSA) is 101 Å². The lowest BCUT2D eigenvalue weighted by Gasteiger charge is -2.13. The first-order chi connectivity index (χ1) is 7.68. The molecule has 0 aliphatic carbocycles. The first kappa shape index (κ1) is 10.0. The van der Waals surface area contributed by atoms with Crippen LogP contribution in [0, 0.1) is 10.1 Å². The van der Waals surface area contributed by atoms with E-state index in [1.807, 2.05) is 0 Å². The number of rotatable bonds is 3. The van der Waals surface area contributed by atoms with E-state index >= 15 is 0 Å². The Morgan fingerprint density at radius 3 is 2.94 bits per heavy atom. The molecule has 82 valence electrons. The van der Waals surface area contributed by atoms with Crippen molar-refractivity contribution in [3.05, 3.63) is 34.4 Å². The second-order valence-electron chi connectivity index (χ2n) is 3.06. The maximum atomic E-state index is 10.6. The van der Waals surface area contributed by atoms with Crippen LogP contribution in [0.2, 0.25) is 0 Å². The lowest BCUT2D eigenvalue weighted by atomic mass is 10.2. The van der Waals surface area contributed by atoms with Crippen LogP contribution in [0.4, 0.5) is 17.3 Å². The minimum atomic E-state index is -0.448. The van der Waals surface area contributed by atoms with Gasteiger partial charge in [0.25, 0.3) is 5.69 Å². The fraction of sp³-hybridized carbons (Fsp3) is 0.125. The molecule has 0 aliphatic heterocycles. The highest BCUT2D eigenvalue weighted by Gasteiger charge is 2.11. The average molecular weight is 220 g/mol. The Bertz CT molecular complexity index is 497. The molecule has 0 bridgehead atoms. The predicted molar refractivity (Wildman–Crippen MR) is 55.3 cm³/mol. The molecular formula is C8H8N6O2. The Hall–Kier alpha value is -2.51. The third kappa shape index (κ3) is 1.80. The molecule has 0 saturated heterocycles. The van der Waals surface area contributed by atoms with E-state index in [2.05, 4.69) is 20.6 Å². The zero-order chi connectivity index (χ0) is 11.5. The molecule has 2 rings (SSSR count).